The maximum absolute atomic E-state index is 12.0. The van der Waals surface area contributed by atoms with Crippen LogP contribution in [-0.4, -0.2) is 66.2 Å². The topological polar surface area (TPSA) is 72.9 Å². The first-order valence-electron chi connectivity index (χ1n) is 7.78. The summed E-state index contributed by atoms with van der Waals surface area (Å²) in [5.74, 6) is -1.22. The van der Waals surface area contributed by atoms with Crippen LogP contribution < -0.4 is 5.32 Å². The first-order valence-corrected chi connectivity index (χ1v) is 7.78. The van der Waals surface area contributed by atoms with Crippen LogP contribution in [0.3, 0.4) is 0 Å². The molecule has 0 saturated carbocycles. The summed E-state index contributed by atoms with van der Waals surface area (Å²) in [5.41, 5.74) is 0. The number of urea groups is 1. The van der Waals surface area contributed by atoms with Gasteiger partial charge in [-0.3, -0.25) is 4.79 Å². The lowest BCUT2D eigenvalue weighted by atomic mass is 9.99. The monoisotopic (exact) mass is 299 g/mol. The van der Waals surface area contributed by atoms with E-state index in [2.05, 4.69) is 31.1 Å². The predicted octanol–water partition coefficient (Wildman–Crippen LogP) is 1.47. The molecule has 2 unspecified atom stereocenters. The van der Waals surface area contributed by atoms with Gasteiger partial charge in [0.05, 0.1) is 5.92 Å². The number of hydrogen-bond acceptors (Lipinski definition) is 3. The molecule has 1 rings (SSSR count). The van der Waals surface area contributed by atoms with E-state index in [1.54, 1.807) is 4.90 Å². The standard InChI is InChI=1S/C15H29N3O3/c1-11(2)17(4)8-6-5-7-16-15(21)18-9-12(3)13(10-18)14(19)20/h11-13H,5-10H2,1-4H3,(H,16,21)(H,19,20). The van der Waals surface area contributed by atoms with Crippen LogP contribution >= 0.6 is 0 Å². The zero-order chi connectivity index (χ0) is 16.0. The molecule has 2 N–H and O–H groups in total. The van der Waals surface area contributed by atoms with E-state index in [4.69, 9.17) is 5.11 Å². The molecule has 2 amide bonds. The van der Waals surface area contributed by atoms with Crippen LogP contribution in [0.4, 0.5) is 4.79 Å². The number of hydrogen-bond donors (Lipinski definition) is 2. The Morgan fingerprint density at radius 3 is 2.52 bits per heavy atom. The summed E-state index contributed by atoms with van der Waals surface area (Å²) in [7, 11) is 2.10. The van der Waals surface area contributed by atoms with Gasteiger partial charge in [-0.2, -0.15) is 0 Å². The first-order chi connectivity index (χ1) is 9.82. The van der Waals surface area contributed by atoms with E-state index in [1.165, 1.54) is 0 Å². The lowest BCUT2D eigenvalue weighted by Gasteiger charge is -2.21. The average Bonchev–Trinajstić information content (AvgIpc) is 2.80. The molecule has 6 nitrogen and oxygen atoms in total. The summed E-state index contributed by atoms with van der Waals surface area (Å²) in [6.45, 7) is 8.72. The molecular weight excluding hydrogens is 270 g/mol. The van der Waals surface area contributed by atoms with Crippen molar-refractivity contribution in [2.24, 2.45) is 11.8 Å². The Kier molecular flexibility index (Phi) is 6.95. The molecule has 0 aromatic rings. The Hall–Kier alpha value is -1.30. The Morgan fingerprint density at radius 1 is 1.33 bits per heavy atom. The second-order valence-electron chi connectivity index (χ2n) is 6.34. The molecule has 0 aliphatic carbocycles. The van der Waals surface area contributed by atoms with E-state index in [0.717, 1.165) is 19.4 Å². The first kappa shape index (κ1) is 17.8. The number of carbonyl (C=O) groups is 2. The van der Waals surface area contributed by atoms with Crippen molar-refractivity contribution < 1.29 is 14.7 Å². The van der Waals surface area contributed by atoms with Crippen LogP contribution in [0.15, 0.2) is 0 Å². The largest absolute Gasteiger partial charge is 0.481 e. The molecule has 0 aromatic heterocycles. The maximum atomic E-state index is 12.0. The quantitative estimate of drug-likeness (QED) is 0.698. The number of carboxylic acid groups (broad SMARTS) is 1. The molecule has 1 saturated heterocycles. The van der Waals surface area contributed by atoms with E-state index in [-0.39, 0.29) is 11.9 Å². The third-order valence-corrected chi connectivity index (χ3v) is 4.31. The normalized spacial score (nSPS) is 22.1. The van der Waals surface area contributed by atoms with Gasteiger partial charge in [-0.15, -0.1) is 0 Å². The highest BCUT2D eigenvalue weighted by molar-refractivity contribution is 5.77. The molecule has 0 aromatic carbocycles. The number of nitrogens with zero attached hydrogens (tertiary/aromatic N) is 2. The summed E-state index contributed by atoms with van der Waals surface area (Å²) in [5, 5.41) is 11.9. The fourth-order valence-electron chi connectivity index (χ4n) is 2.51. The molecule has 1 heterocycles. The number of rotatable bonds is 7. The zero-order valence-corrected chi connectivity index (χ0v) is 13.6. The third kappa shape index (κ3) is 5.53. The molecular formula is C15H29N3O3. The number of unbranched alkanes of at least 4 members (excludes halogenated alkanes) is 1. The van der Waals surface area contributed by atoms with Crippen molar-refractivity contribution in [3.05, 3.63) is 0 Å². The second kappa shape index (κ2) is 8.22. The highest BCUT2D eigenvalue weighted by Crippen LogP contribution is 2.22. The summed E-state index contributed by atoms with van der Waals surface area (Å²) >= 11 is 0. The number of carbonyl (C=O) groups excluding carboxylic acids is 1. The van der Waals surface area contributed by atoms with Crippen LogP contribution in [0.1, 0.15) is 33.6 Å². The number of nitrogens with one attached hydrogen (secondary N) is 1. The fourth-order valence-corrected chi connectivity index (χ4v) is 2.51. The summed E-state index contributed by atoms with van der Waals surface area (Å²) in [4.78, 5) is 26.9. The Bertz CT molecular complexity index is 360. The van der Waals surface area contributed by atoms with Crippen LogP contribution in [0.25, 0.3) is 0 Å². The second-order valence-corrected chi connectivity index (χ2v) is 6.34. The Balaban J connectivity index is 2.19. The lowest BCUT2D eigenvalue weighted by Crippen LogP contribution is -2.39. The summed E-state index contributed by atoms with van der Waals surface area (Å²) in [6, 6.07) is 0.404. The van der Waals surface area contributed by atoms with E-state index in [0.29, 0.717) is 25.7 Å². The summed E-state index contributed by atoms with van der Waals surface area (Å²) < 4.78 is 0. The predicted molar refractivity (Wildman–Crippen MR) is 82.3 cm³/mol. The molecule has 2 atom stereocenters. The number of likely N-dealkylation sites (tertiary alicyclic amines) is 1. The van der Waals surface area contributed by atoms with Crippen molar-refractivity contribution >= 4 is 12.0 Å². The number of aliphatic carboxylic acids is 1. The van der Waals surface area contributed by atoms with Crippen LogP contribution in [-0.2, 0) is 4.79 Å². The molecule has 1 fully saturated rings. The van der Waals surface area contributed by atoms with Crippen molar-refractivity contribution in [3.8, 4) is 0 Å². The molecule has 1 aliphatic heterocycles. The van der Waals surface area contributed by atoms with Crippen LogP contribution in [0.5, 0.6) is 0 Å². The van der Waals surface area contributed by atoms with Crippen molar-refractivity contribution in [2.45, 2.75) is 39.7 Å². The van der Waals surface area contributed by atoms with Gasteiger partial charge in [-0.25, -0.2) is 4.79 Å². The van der Waals surface area contributed by atoms with Gasteiger partial charge >= 0.3 is 12.0 Å². The molecule has 1 aliphatic rings. The smallest absolute Gasteiger partial charge is 0.317 e. The van der Waals surface area contributed by atoms with Gasteiger partial charge in [0, 0.05) is 25.7 Å². The molecule has 0 radical (unpaired) electrons. The molecule has 21 heavy (non-hydrogen) atoms. The van der Waals surface area contributed by atoms with Gasteiger partial charge in [0.15, 0.2) is 0 Å². The highest BCUT2D eigenvalue weighted by atomic mass is 16.4. The zero-order valence-electron chi connectivity index (χ0n) is 13.6. The van der Waals surface area contributed by atoms with Gasteiger partial charge in [0.1, 0.15) is 0 Å². The van der Waals surface area contributed by atoms with Crippen molar-refractivity contribution in [1.29, 1.82) is 0 Å². The third-order valence-electron chi connectivity index (χ3n) is 4.31. The van der Waals surface area contributed by atoms with Gasteiger partial charge in [0.25, 0.3) is 0 Å². The minimum atomic E-state index is -0.811. The van der Waals surface area contributed by atoms with Gasteiger partial charge in [-0.05, 0) is 46.2 Å². The van der Waals surface area contributed by atoms with Crippen LogP contribution in [0, 0.1) is 11.8 Å². The maximum Gasteiger partial charge on any atom is 0.317 e. The van der Waals surface area contributed by atoms with Crippen molar-refractivity contribution in [2.75, 3.05) is 33.2 Å². The van der Waals surface area contributed by atoms with E-state index in [1.807, 2.05) is 6.92 Å². The molecule has 122 valence electrons. The summed E-state index contributed by atoms with van der Waals surface area (Å²) in [6.07, 6.45) is 1.98. The minimum Gasteiger partial charge on any atom is -0.481 e. The van der Waals surface area contributed by atoms with E-state index in [9.17, 15) is 9.59 Å². The van der Waals surface area contributed by atoms with Gasteiger partial charge in [-0.1, -0.05) is 6.92 Å². The molecule has 0 bridgehead atoms. The van der Waals surface area contributed by atoms with Crippen molar-refractivity contribution in [1.82, 2.24) is 15.1 Å². The fraction of sp³-hybridized carbons (Fsp3) is 0.867. The molecule has 6 heteroatoms. The number of amides is 2. The van der Waals surface area contributed by atoms with Crippen LogP contribution in [0.2, 0.25) is 0 Å². The Morgan fingerprint density at radius 2 is 2.00 bits per heavy atom. The molecule has 0 spiro atoms. The lowest BCUT2D eigenvalue weighted by molar-refractivity contribution is -0.142. The van der Waals surface area contributed by atoms with Crippen molar-refractivity contribution in [3.63, 3.8) is 0 Å². The van der Waals surface area contributed by atoms with E-state index >= 15 is 0 Å². The van der Waals surface area contributed by atoms with E-state index < -0.39 is 11.9 Å². The van der Waals surface area contributed by atoms with Gasteiger partial charge in [0.2, 0.25) is 0 Å². The minimum absolute atomic E-state index is 0.0212. The van der Waals surface area contributed by atoms with Gasteiger partial charge < -0.3 is 20.2 Å². The highest BCUT2D eigenvalue weighted by Gasteiger charge is 2.36. The SMILES string of the molecule is CC1CN(C(=O)NCCCCN(C)C(C)C)CC1C(=O)O. The Labute approximate surface area is 127 Å². The number of carboxylic acids is 1. The average molecular weight is 299 g/mol.